The van der Waals surface area contributed by atoms with E-state index < -0.39 is 11.6 Å². The number of benzene rings is 1. The minimum atomic E-state index is -0.972. The van der Waals surface area contributed by atoms with Crippen molar-refractivity contribution in [2.75, 3.05) is 13.2 Å². The molecule has 2 rings (SSSR count). The van der Waals surface area contributed by atoms with Crippen LogP contribution < -0.4 is 9.47 Å². The molecule has 2 nitrogen and oxygen atoms in total. The molecule has 0 saturated heterocycles. The van der Waals surface area contributed by atoms with Gasteiger partial charge in [0.1, 0.15) is 0 Å². The summed E-state index contributed by atoms with van der Waals surface area (Å²) >= 11 is 0. The molecular weight excluding hydrogens is 238 g/mol. The summed E-state index contributed by atoms with van der Waals surface area (Å²) in [4.78, 5) is 0. The topological polar surface area (TPSA) is 18.5 Å². The normalized spacial score (nSPS) is 15.9. The molecule has 1 saturated carbocycles. The predicted molar refractivity (Wildman–Crippen MR) is 65.0 cm³/mol. The van der Waals surface area contributed by atoms with E-state index in [-0.39, 0.29) is 11.5 Å². The van der Waals surface area contributed by atoms with Gasteiger partial charge in [0.05, 0.1) is 13.2 Å². The van der Waals surface area contributed by atoms with Crippen molar-refractivity contribution in [2.24, 2.45) is 5.92 Å². The largest absolute Gasteiger partial charge is 0.491 e. The van der Waals surface area contributed by atoms with Gasteiger partial charge in [-0.15, -0.1) is 0 Å². The molecular formula is C14H18F2O2. The molecule has 4 heteroatoms. The molecule has 1 fully saturated rings. The minimum Gasteiger partial charge on any atom is -0.491 e. The molecule has 0 spiro atoms. The summed E-state index contributed by atoms with van der Waals surface area (Å²) in [6, 6.07) is 2.84. The highest BCUT2D eigenvalue weighted by Gasteiger charge is 2.19. The molecule has 0 heterocycles. The summed E-state index contributed by atoms with van der Waals surface area (Å²) < 4.78 is 37.6. The zero-order valence-corrected chi connectivity index (χ0v) is 10.5. The van der Waals surface area contributed by atoms with Gasteiger partial charge >= 0.3 is 0 Å². The Kier molecular flexibility index (Phi) is 4.39. The molecule has 1 aliphatic rings. The van der Waals surface area contributed by atoms with Crippen molar-refractivity contribution in [1.29, 1.82) is 0 Å². The fraction of sp³-hybridized carbons (Fsp3) is 0.571. The summed E-state index contributed by atoms with van der Waals surface area (Å²) in [5.41, 5.74) is 0. The van der Waals surface area contributed by atoms with E-state index in [1.54, 1.807) is 6.92 Å². The number of halogens is 2. The van der Waals surface area contributed by atoms with Crippen molar-refractivity contribution in [3.05, 3.63) is 23.8 Å². The van der Waals surface area contributed by atoms with Crippen LogP contribution in [0.4, 0.5) is 8.78 Å². The summed E-state index contributed by atoms with van der Waals surface area (Å²) in [5.74, 6) is -1.55. The van der Waals surface area contributed by atoms with Crippen LogP contribution in [-0.2, 0) is 0 Å². The van der Waals surface area contributed by atoms with E-state index >= 15 is 0 Å². The first-order valence-electron chi connectivity index (χ1n) is 6.46. The lowest BCUT2D eigenvalue weighted by atomic mass is 10.1. The van der Waals surface area contributed by atoms with Gasteiger partial charge in [-0.2, -0.15) is 8.78 Å². The highest BCUT2D eigenvalue weighted by atomic mass is 19.2. The average molecular weight is 256 g/mol. The van der Waals surface area contributed by atoms with Crippen molar-refractivity contribution in [3.63, 3.8) is 0 Å². The first-order chi connectivity index (χ1) is 8.72. The van der Waals surface area contributed by atoms with E-state index in [9.17, 15) is 8.78 Å². The van der Waals surface area contributed by atoms with Crippen molar-refractivity contribution in [1.82, 2.24) is 0 Å². The number of hydrogen-bond donors (Lipinski definition) is 0. The molecule has 0 radical (unpaired) electrons. The summed E-state index contributed by atoms with van der Waals surface area (Å²) in [6.45, 7) is 2.49. The van der Waals surface area contributed by atoms with Crippen LogP contribution in [0, 0.1) is 17.6 Å². The van der Waals surface area contributed by atoms with Gasteiger partial charge in [-0.1, -0.05) is 12.8 Å². The average Bonchev–Trinajstić information content (AvgIpc) is 2.87. The van der Waals surface area contributed by atoms with Crippen LogP contribution in [0.1, 0.15) is 32.6 Å². The molecule has 100 valence electrons. The maximum absolute atomic E-state index is 13.7. The van der Waals surface area contributed by atoms with Crippen LogP contribution in [0.3, 0.4) is 0 Å². The fourth-order valence-corrected chi connectivity index (χ4v) is 2.28. The van der Waals surface area contributed by atoms with E-state index in [2.05, 4.69) is 0 Å². The lowest BCUT2D eigenvalue weighted by molar-refractivity contribution is 0.236. The molecule has 18 heavy (non-hydrogen) atoms. The van der Waals surface area contributed by atoms with Crippen LogP contribution >= 0.6 is 0 Å². The van der Waals surface area contributed by atoms with Crippen LogP contribution in [0.15, 0.2) is 12.1 Å². The Bertz CT molecular complexity index is 401. The van der Waals surface area contributed by atoms with Gasteiger partial charge in [0.15, 0.2) is 11.5 Å². The van der Waals surface area contributed by atoms with Gasteiger partial charge in [0.2, 0.25) is 11.6 Å². The number of ether oxygens (including phenoxy) is 2. The Hall–Kier alpha value is -1.32. The monoisotopic (exact) mass is 256 g/mol. The second-order valence-electron chi connectivity index (χ2n) is 4.58. The van der Waals surface area contributed by atoms with Crippen molar-refractivity contribution >= 4 is 0 Å². The Morgan fingerprint density at radius 3 is 2.17 bits per heavy atom. The van der Waals surface area contributed by atoms with E-state index in [1.807, 2.05) is 0 Å². The van der Waals surface area contributed by atoms with Crippen LogP contribution in [0.2, 0.25) is 0 Å². The molecule has 0 bridgehead atoms. The Labute approximate surface area is 106 Å². The summed E-state index contributed by atoms with van der Waals surface area (Å²) in [6.07, 6.45) is 4.63. The van der Waals surface area contributed by atoms with E-state index in [0.29, 0.717) is 19.1 Å². The van der Waals surface area contributed by atoms with Crippen LogP contribution in [0.25, 0.3) is 0 Å². The third-order valence-corrected chi connectivity index (χ3v) is 3.26. The molecule has 0 N–H and O–H groups in total. The molecule has 0 atom stereocenters. The SMILES string of the molecule is CCOc1ccc(OCC2CCCC2)c(F)c1F. The molecule has 1 aromatic rings. The zero-order valence-electron chi connectivity index (χ0n) is 10.5. The predicted octanol–water partition coefficient (Wildman–Crippen LogP) is 3.93. The molecule has 0 amide bonds. The maximum atomic E-state index is 13.7. The Morgan fingerprint density at radius 2 is 1.61 bits per heavy atom. The third-order valence-electron chi connectivity index (χ3n) is 3.26. The highest BCUT2D eigenvalue weighted by Crippen LogP contribution is 2.30. The third kappa shape index (κ3) is 2.92. The minimum absolute atomic E-state index is 0.0251. The first kappa shape index (κ1) is 13.1. The molecule has 1 aliphatic carbocycles. The second kappa shape index (κ2) is 6.03. The van der Waals surface area contributed by atoms with E-state index in [4.69, 9.17) is 9.47 Å². The van der Waals surface area contributed by atoms with E-state index in [0.717, 1.165) is 12.8 Å². The quantitative estimate of drug-likeness (QED) is 0.794. The molecule has 0 aliphatic heterocycles. The fourth-order valence-electron chi connectivity index (χ4n) is 2.28. The van der Waals surface area contributed by atoms with Gasteiger partial charge in [-0.3, -0.25) is 0 Å². The summed E-state index contributed by atoms with van der Waals surface area (Å²) in [7, 11) is 0. The van der Waals surface area contributed by atoms with Gasteiger partial charge in [0, 0.05) is 0 Å². The van der Waals surface area contributed by atoms with Gasteiger partial charge in [-0.05, 0) is 37.8 Å². The molecule has 0 aromatic heterocycles. The number of rotatable bonds is 5. The van der Waals surface area contributed by atoms with Crippen molar-refractivity contribution in [2.45, 2.75) is 32.6 Å². The molecule has 1 aromatic carbocycles. The lowest BCUT2D eigenvalue weighted by Crippen LogP contribution is -2.09. The standard InChI is InChI=1S/C14H18F2O2/c1-2-17-11-7-8-12(14(16)13(11)15)18-9-10-5-3-4-6-10/h7-8,10H,2-6,9H2,1H3. The first-order valence-corrected chi connectivity index (χ1v) is 6.46. The van der Waals surface area contributed by atoms with Crippen molar-refractivity contribution in [3.8, 4) is 11.5 Å². The number of hydrogen-bond acceptors (Lipinski definition) is 2. The van der Waals surface area contributed by atoms with Crippen LogP contribution in [0.5, 0.6) is 11.5 Å². The zero-order chi connectivity index (χ0) is 13.0. The Balaban J connectivity index is 2.01. The van der Waals surface area contributed by atoms with Gasteiger partial charge < -0.3 is 9.47 Å². The maximum Gasteiger partial charge on any atom is 0.204 e. The Morgan fingerprint density at radius 1 is 1.06 bits per heavy atom. The van der Waals surface area contributed by atoms with Gasteiger partial charge in [0.25, 0.3) is 0 Å². The lowest BCUT2D eigenvalue weighted by Gasteiger charge is -2.13. The van der Waals surface area contributed by atoms with Crippen molar-refractivity contribution < 1.29 is 18.3 Å². The smallest absolute Gasteiger partial charge is 0.204 e. The molecule has 0 unspecified atom stereocenters. The highest BCUT2D eigenvalue weighted by molar-refractivity contribution is 5.35. The second-order valence-corrected chi connectivity index (χ2v) is 4.58. The van der Waals surface area contributed by atoms with E-state index in [1.165, 1.54) is 25.0 Å². The summed E-state index contributed by atoms with van der Waals surface area (Å²) in [5, 5.41) is 0. The van der Waals surface area contributed by atoms with Gasteiger partial charge in [-0.25, -0.2) is 0 Å². The van der Waals surface area contributed by atoms with Crippen LogP contribution in [-0.4, -0.2) is 13.2 Å².